The summed E-state index contributed by atoms with van der Waals surface area (Å²) in [6.45, 7) is 0. The molecular weight excluding hydrogens is 352 g/mol. The molecule has 24 heavy (non-hydrogen) atoms. The largest absolute Gasteiger partial charge is 0.481 e. The van der Waals surface area contributed by atoms with Gasteiger partial charge in [0.15, 0.2) is 5.60 Å². The third kappa shape index (κ3) is 7.55. The van der Waals surface area contributed by atoms with Gasteiger partial charge in [0.2, 0.25) is 0 Å². The van der Waals surface area contributed by atoms with Gasteiger partial charge < -0.3 is 15.3 Å². The Bertz CT molecular complexity index is 552. The van der Waals surface area contributed by atoms with Gasteiger partial charge in [0, 0.05) is 10.8 Å². The lowest BCUT2D eigenvalue weighted by Crippen LogP contribution is -2.43. The van der Waals surface area contributed by atoms with Gasteiger partial charge in [-0.15, -0.1) is 0 Å². The number of unbranched alkanes of at least 4 members (excludes halogenated alkanes) is 3. The fourth-order valence-electron chi connectivity index (χ4n) is 2.25. The van der Waals surface area contributed by atoms with E-state index in [1.54, 1.807) is 0 Å². The third-order valence-corrected chi connectivity index (χ3v) is 5.25. The zero-order valence-electron chi connectivity index (χ0n) is 13.4. The van der Waals surface area contributed by atoms with Crippen LogP contribution in [0.1, 0.15) is 37.7 Å². The van der Waals surface area contributed by atoms with Crippen molar-refractivity contribution in [3.8, 4) is 0 Å². The lowest BCUT2D eigenvalue weighted by Gasteiger charge is -2.20. The first-order valence-corrected chi connectivity index (χ1v) is 9.37. The number of aryl methyl sites for hydroxylation is 1. The Morgan fingerprint density at radius 2 is 1.75 bits per heavy atom. The van der Waals surface area contributed by atoms with Crippen LogP contribution >= 0.6 is 23.4 Å². The molecule has 1 aromatic carbocycles. The number of hydrogen-bond acceptors (Lipinski definition) is 4. The van der Waals surface area contributed by atoms with Crippen LogP contribution in [-0.4, -0.2) is 44.4 Å². The predicted molar refractivity (Wildman–Crippen MR) is 95.8 cm³/mol. The Morgan fingerprint density at radius 1 is 1.08 bits per heavy atom. The van der Waals surface area contributed by atoms with E-state index in [-0.39, 0.29) is 5.75 Å². The highest BCUT2D eigenvalue weighted by Crippen LogP contribution is 2.21. The number of halogens is 1. The molecule has 1 atom stereocenters. The minimum Gasteiger partial charge on any atom is -0.481 e. The van der Waals surface area contributed by atoms with Crippen LogP contribution in [0.4, 0.5) is 0 Å². The summed E-state index contributed by atoms with van der Waals surface area (Å²) in [4.78, 5) is 21.6. The van der Waals surface area contributed by atoms with E-state index in [4.69, 9.17) is 21.8 Å². The van der Waals surface area contributed by atoms with Crippen LogP contribution in [0.25, 0.3) is 0 Å². The Morgan fingerprint density at radius 3 is 2.38 bits per heavy atom. The molecule has 1 rings (SSSR count). The summed E-state index contributed by atoms with van der Waals surface area (Å²) in [5.41, 5.74) is -1.05. The van der Waals surface area contributed by atoms with Crippen LogP contribution in [-0.2, 0) is 16.0 Å². The maximum atomic E-state index is 11.0. The topological polar surface area (TPSA) is 94.8 Å². The van der Waals surface area contributed by atoms with E-state index in [0.29, 0.717) is 5.75 Å². The molecule has 0 bridgehead atoms. The van der Waals surface area contributed by atoms with Gasteiger partial charge in [-0.25, -0.2) is 4.79 Å². The molecule has 3 N–H and O–H groups in total. The molecule has 134 valence electrons. The van der Waals surface area contributed by atoms with Gasteiger partial charge >= 0.3 is 11.9 Å². The SMILES string of the molecule is O=C(O)CC(O)(CSCCCCCCc1ccccc1Cl)C(=O)O. The zero-order valence-corrected chi connectivity index (χ0v) is 15.0. The van der Waals surface area contributed by atoms with Gasteiger partial charge in [0.1, 0.15) is 0 Å². The summed E-state index contributed by atoms with van der Waals surface area (Å²) >= 11 is 7.37. The molecular formula is C17H23ClO5S. The van der Waals surface area contributed by atoms with Crippen molar-refractivity contribution in [2.75, 3.05) is 11.5 Å². The van der Waals surface area contributed by atoms with Gasteiger partial charge in [-0.1, -0.05) is 42.6 Å². The van der Waals surface area contributed by atoms with Crippen molar-refractivity contribution in [1.29, 1.82) is 0 Å². The number of carboxylic acids is 2. The summed E-state index contributed by atoms with van der Waals surface area (Å²) < 4.78 is 0. The first-order chi connectivity index (χ1) is 11.3. The Labute approximate surface area is 151 Å². The van der Waals surface area contributed by atoms with E-state index >= 15 is 0 Å². The first-order valence-electron chi connectivity index (χ1n) is 7.84. The molecule has 0 spiro atoms. The van der Waals surface area contributed by atoms with Crippen LogP contribution in [0.5, 0.6) is 0 Å². The lowest BCUT2D eigenvalue weighted by molar-refractivity contribution is -0.162. The normalized spacial score (nSPS) is 13.4. The molecule has 1 aromatic rings. The minimum atomic E-state index is -2.19. The van der Waals surface area contributed by atoms with E-state index in [9.17, 15) is 14.7 Å². The van der Waals surface area contributed by atoms with Crippen molar-refractivity contribution < 1.29 is 24.9 Å². The van der Waals surface area contributed by atoms with E-state index in [2.05, 4.69) is 0 Å². The molecule has 0 radical (unpaired) electrons. The van der Waals surface area contributed by atoms with Gasteiger partial charge in [-0.2, -0.15) is 11.8 Å². The monoisotopic (exact) mass is 374 g/mol. The minimum absolute atomic E-state index is 0.117. The van der Waals surface area contributed by atoms with Crippen molar-refractivity contribution in [2.24, 2.45) is 0 Å². The maximum absolute atomic E-state index is 11.0. The van der Waals surface area contributed by atoms with Gasteiger partial charge in [0.25, 0.3) is 0 Å². The molecule has 0 amide bonds. The second-order valence-electron chi connectivity index (χ2n) is 5.72. The Balaban J connectivity index is 2.14. The molecule has 0 aromatic heterocycles. The zero-order chi connectivity index (χ0) is 18.0. The number of aliphatic hydroxyl groups is 1. The third-order valence-electron chi connectivity index (χ3n) is 3.63. The number of rotatable bonds is 12. The summed E-state index contributed by atoms with van der Waals surface area (Å²) in [5, 5.41) is 28.2. The Kier molecular flexibility index (Phi) is 9.18. The maximum Gasteiger partial charge on any atom is 0.337 e. The number of carbonyl (C=O) groups is 2. The molecule has 0 heterocycles. The van der Waals surface area contributed by atoms with Crippen LogP contribution in [0.15, 0.2) is 24.3 Å². The van der Waals surface area contributed by atoms with Gasteiger partial charge in [0.05, 0.1) is 6.42 Å². The number of aliphatic carboxylic acids is 2. The summed E-state index contributed by atoms with van der Waals surface area (Å²) in [6.07, 6.45) is 4.13. The second kappa shape index (κ2) is 10.6. The number of carboxylic acid groups (broad SMARTS) is 2. The molecule has 0 saturated carbocycles. The summed E-state index contributed by atoms with van der Waals surface area (Å²) in [6, 6.07) is 7.78. The van der Waals surface area contributed by atoms with E-state index < -0.39 is 24.0 Å². The summed E-state index contributed by atoms with van der Waals surface area (Å²) in [7, 11) is 0. The predicted octanol–water partition coefficient (Wildman–Crippen LogP) is 3.47. The van der Waals surface area contributed by atoms with Gasteiger partial charge in [-0.3, -0.25) is 4.79 Å². The highest BCUT2D eigenvalue weighted by Gasteiger charge is 2.38. The lowest BCUT2D eigenvalue weighted by atomic mass is 10.0. The van der Waals surface area contributed by atoms with E-state index in [0.717, 1.165) is 42.7 Å². The molecule has 0 aliphatic rings. The number of benzene rings is 1. The van der Waals surface area contributed by atoms with Crippen molar-refractivity contribution in [3.05, 3.63) is 34.9 Å². The average Bonchev–Trinajstić information content (AvgIpc) is 2.50. The van der Waals surface area contributed by atoms with Crippen LogP contribution in [0, 0.1) is 0 Å². The highest BCUT2D eigenvalue weighted by molar-refractivity contribution is 7.99. The van der Waals surface area contributed by atoms with E-state index in [1.165, 1.54) is 11.8 Å². The average molecular weight is 375 g/mol. The quantitative estimate of drug-likeness (QED) is 0.485. The van der Waals surface area contributed by atoms with Crippen molar-refractivity contribution in [2.45, 2.75) is 44.1 Å². The van der Waals surface area contributed by atoms with Crippen LogP contribution in [0.3, 0.4) is 0 Å². The summed E-state index contributed by atoms with van der Waals surface area (Å²) in [5.74, 6) is -2.23. The number of hydrogen-bond donors (Lipinski definition) is 3. The second-order valence-corrected chi connectivity index (χ2v) is 7.23. The van der Waals surface area contributed by atoms with Crippen molar-refractivity contribution in [1.82, 2.24) is 0 Å². The van der Waals surface area contributed by atoms with Crippen LogP contribution < -0.4 is 0 Å². The van der Waals surface area contributed by atoms with Crippen molar-refractivity contribution >= 4 is 35.3 Å². The molecule has 0 aliphatic carbocycles. The van der Waals surface area contributed by atoms with Crippen LogP contribution in [0.2, 0.25) is 5.02 Å². The highest BCUT2D eigenvalue weighted by atomic mass is 35.5. The van der Waals surface area contributed by atoms with Crippen molar-refractivity contribution in [3.63, 3.8) is 0 Å². The number of thioether (sulfide) groups is 1. The molecule has 0 aliphatic heterocycles. The molecule has 0 fully saturated rings. The molecule has 1 unspecified atom stereocenters. The molecule has 0 saturated heterocycles. The van der Waals surface area contributed by atoms with Gasteiger partial charge in [-0.05, 0) is 36.6 Å². The fraction of sp³-hybridized carbons (Fsp3) is 0.529. The Hall–Kier alpha value is -1.24. The molecule has 7 heteroatoms. The standard InChI is InChI=1S/C17H23ClO5S/c18-14-9-5-4-8-13(14)7-3-1-2-6-10-24-12-17(23,16(21)22)11-15(19)20/h4-5,8-9,23H,1-3,6-7,10-12H2,(H,19,20)(H,21,22). The first kappa shape index (κ1) is 20.8. The van der Waals surface area contributed by atoms with E-state index in [1.807, 2.05) is 24.3 Å². The fourth-order valence-corrected chi connectivity index (χ4v) is 3.60. The smallest absolute Gasteiger partial charge is 0.337 e. The molecule has 5 nitrogen and oxygen atoms in total.